The van der Waals surface area contributed by atoms with E-state index in [0.717, 1.165) is 38.6 Å². The molecule has 0 aromatic heterocycles. The van der Waals surface area contributed by atoms with Crippen LogP contribution >= 0.6 is 0 Å². The Morgan fingerprint density at radius 1 is 1.27 bits per heavy atom. The van der Waals surface area contributed by atoms with E-state index in [2.05, 4.69) is 67.2 Å². The van der Waals surface area contributed by atoms with Crippen LogP contribution in [0, 0.1) is 5.41 Å². The summed E-state index contributed by atoms with van der Waals surface area (Å²) in [6.07, 6.45) is 2.38. The van der Waals surface area contributed by atoms with Gasteiger partial charge in [0.1, 0.15) is 0 Å². The van der Waals surface area contributed by atoms with Gasteiger partial charge in [-0.2, -0.15) is 0 Å². The van der Waals surface area contributed by atoms with Gasteiger partial charge >= 0.3 is 0 Å². The first-order valence-electron chi connectivity index (χ1n) is 8.57. The van der Waals surface area contributed by atoms with Crippen LogP contribution < -0.4 is 10.6 Å². The standard InChI is InChI=1S/C17H37N5/c1-14(8-9-17(2,3)4)20-16(18-5)19-12-15-13-21(6)10-11-22(15)7/h14-15H,8-13H2,1-7H3,(H2,18,19,20). The lowest BCUT2D eigenvalue weighted by Crippen LogP contribution is -2.55. The van der Waals surface area contributed by atoms with Crippen LogP contribution in [0.3, 0.4) is 0 Å². The first kappa shape index (κ1) is 19.2. The summed E-state index contributed by atoms with van der Waals surface area (Å²) < 4.78 is 0. The Morgan fingerprint density at radius 2 is 1.95 bits per heavy atom. The Kier molecular flexibility index (Phi) is 7.63. The zero-order chi connectivity index (χ0) is 16.8. The van der Waals surface area contributed by atoms with Crippen molar-refractivity contribution < 1.29 is 0 Å². The Hall–Kier alpha value is -0.810. The highest BCUT2D eigenvalue weighted by Crippen LogP contribution is 2.21. The van der Waals surface area contributed by atoms with E-state index in [0.29, 0.717) is 17.5 Å². The normalized spacial score (nSPS) is 23.4. The number of nitrogens with zero attached hydrogens (tertiary/aromatic N) is 3. The van der Waals surface area contributed by atoms with Gasteiger partial charge in [0.15, 0.2) is 5.96 Å². The summed E-state index contributed by atoms with van der Waals surface area (Å²) in [5.74, 6) is 0.919. The quantitative estimate of drug-likeness (QED) is 0.598. The van der Waals surface area contributed by atoms with Gasteiger partial charge in [-0.3, -0.25) is 9.89 Å². The van der Waals surface area contributed by atoms with Gasteiger partial charge in [0, 0.05) is 45.3 Å². The average Bonchev–Trinajstić information content (AvgIpc) is 2.43. The molecule has 1 aliphatic rings. The Labute approximate surface area is 137 Å². The molecule has 2 atom stereocenters. The second-order valence-electron chi connectivity index (χ2n) is 7.99. The molecule has 1 rings (SSSR count). The summed E-state index contributed by atoms with van der Waals surface area (Å²) >= 11 is 0. The van der Waals surface area contributed by atoms with Gasteiger partial charge in [0.25, 0.3) is 0 Å². The third-order valence-corrected chi connectivity index (χ3v) is 4.42. The molecule has 2 N–H and O–H groups in total. The maximum absolute atomic E-state index is 4.36. The molecule has 0 radical (unpaired) electrons. The minimum Gasteiger partial charge on any atom is -0.355 e. The fourth-order valence-electron chi connectivity index (χ4n) is 2.69. The van der Waals surface area contributed by atoms with Gasteiger partial charge in [-0.15, -0.1) is 0 Å². The molecule has 0 saturated carbocycles. The molecule has 2 unspecified atom stereocenters. The molecular weight excluding hydrogens is 274 g/mol. The summed E-state index contributed by atoms with van der Waals surface area (Å²) in [5.41, 5.74) is 0.391. The molecule has 5 heteroatoms. The number of likely N-dealkylation sites (N-methyl/N-ethyl adjacent to an activating group) is 2. The van der Waals surface area contributed by atoms with E-state index < -0.39 is 0 Å². The third kappa shape index (κ3) is 7.45. The highest BCUT2D eigenvalue weighted by atomic mass is 15.3. The molecule has 5 nitrogen and oxygen atoms in total. The monoisotopic (exact) mass is 311 g/mol. The van der Waals surface area contributed by atoms with Gasteiger partial charge < -0.3 is 15.5 Å². The first-order chi connectivity index (χ1) is 10.2. The molecule has 0 bridgehead atoms. The molecule has 1 fully saturated rings. The van der Waals surface area contributed by atoms with Crippen molar-refractivity contribution in [2.75, 3.05) is 47.3 Å². The average molecular weight is 312 g/mol. The molecule has 1 saturated heterocycles. The highest BCUT2D eigenvalue weighted by molar-refractivity contribution is 5.79. The lowest BCUT2D eigenvalue weighted by molar-refractivity contribution is 0.116. The molecular formula is C17H37N5. The van der Waals surface area contributed by atoms with Crippen molar-refractivity contribution >= 4 is 5.96 Å². The number of piperazine rings is 1. The highest BCUT2D eigenvalue weighted by Gasteiger charge is 2.22. The fourth-order valence-corrected chi connectivity index (χ4v) is 2.69. The van der Waals surface area contributed by atoms with Crippen molar-refractivity contribution in [1.29, 1.82) is 0 Å². The summed E-state index contributed by atoms with van der Waals surface area (Å²) in [6, 6.07) is 0.986. The number of rotatable bonds is 5. The molecule has 0 amide bonds. The predicted molar refractivity (Wildman–Crippen MR) is 96.6 cm³/mol. The van der Waals surface area contributed by atoms with Crippen molar-refractivity contribution in [2.24, 2.45) is 10.4 Å². The van der Waals surface area contributed by atoms with Crippen molar-refractivity contribution in [2.45, 2.75) is 52.6 Å². The largest absolute Gasteiger partial charge is 0.355 e. The zero-order valence-corrected chi connectivity index (χ0v) is 15.7. The minimum absolute atomic E-state index is 0.391. The van der Waals surface area contributed by atoms with Crippen LogP contribution in [0.25, 0.3) is 0 Å². The third-order valence-electron chi connectivity index (χ3n) is 4.42. The van der Waals surface area contributed by atoms with Gasteiger partial charge in [-0.1, -0.05) is 20.8 Å². The number of nitrogens with one attached hydrogen (secondary N) is 2. The molecule has 0 aromatic carbocycles. The van der Waals surface area contributed by atoms with E-state index in [1.165, 1.54) is 6.42 Å². The number of guanidine groups is 1. The lowest BCUT2D eigenvalue weighted by Gasteiger charge is -2.38. The number of hydrogen-bond acceptors (Lipinski definition) is 3. The SMILES string of the molecule is CN=C(NCC1CN(C)CCN1C)NC(C)CCC(C)(C)C. The zero-order valence-electron chi connectivity index (χ0n) is 15.7. The molecule has 1 heterocycles. The molecule has 0 aromatic rings. The van der Waals surface area contributed by atoms with Gasteiger partial charge in [-0.05, 0) is 39.3 Å². The maximum atomic E-state index is 4.36. The van der Waals surface area contributed by atoms with Gasteiger partial charge in [-0.25, -0.2) is 0 Å². The summed E-state index contributed by atoms with van der Waals surface area (Å²) in [5, 5.41) is 7.00. The van der Waals surface area contributed by atoms with E-state index in [1.54, 1.807) is 0 Å². The topological polar surface area (TPSA) is 42.9 Å². The summed E-state index contributed by atoms with van der Waals surface area (Å²) in [7, 11) is 6.26. The van der Waals surface area contributed by atoms with E-state index in [9.17, 15) is 0 Å². The van der Waals surface area contributed by atoms with Crippen LogP contribution in [0.5, 0.6) is 0 Å². The van der Waals surface area contributed by atoms with Crippen molar-refractivity contribution in [3.05, 3.63) is 0 Å². The molecule has 1 aliphatic heterocycles. The van der Waals surface area contributed by atoms with Crippen molar-refractivity contribution in [3.8, 4) is 0 Å². The van der Waals surface area contributed by atoms with E-state index in [1.807, 2.05) is 7.05 Å². The van der Waals surface area contributed by atoms with Crippen molar-refractivity contribution in [3.63, 3.8) is 0 Å². The van der Waals surface area contributed by atoms with Crippen LogP contribution in [-0.2, 0) is 0 Å². The maximum Gasteiger partial charge on any atom is 0.191 e. The van der Waals surface area contributed by atoms with Gasteiger partial charge in [0.05, 0.1) is 0 Å². The number of aliphatic imine (C=N–C) groups is 1. The van der Waals surface area contributed by atoms with Crippen LogP contribution in [0.1, 0.15) is 40.5 Å². The lowest BCUT2D eigenvalue weighted by atomic mass is 9.89. The minimum atomic E-state index is 0.391. The predicted octanol–water partition coefficient (Wildman–Crippen LogP) is 1.61. The smallest absolute Gasteiger partial charge is 0.191 e. The Bertz CT molecular complexity index is 347. The van der Waals surface area contributed by atoms with Crippen LogP contribution in [0.4, 0.5) is 0 Å². The molecule has 130 valence electrons. The first-order valence-corrected chi connectivity index (χ1v) is 8.57. The Balaban J connectivity index is 2.35. The van der Waals surface area contributed by atoms with Crippen LogP contribution in [0.15, 0.2) is 4.99 Å². The number of hydrogen-bond donors (Lipinski definition) is 2. The fraction of sp³-hybridized carbons (Fsp3) is 0.941. The van der Waals surface area contributed by atoms with Gasteiger partial charge in [0.2, 0.25) is 0 Å². The molecule has 0 aliphatic carbocycles. The van der Waals surface area contributed by atoms with E-state index >= 15 is 0 Å². The van der Waals surface area contributed by atoms with E-state index in [4.69, 9.17) is 0 Å². The Morgan fingerprint density at radius 3 is 2.55 bits per heavy atom. The molecule has 0 spiro atoms. The summed E-state index contributed by atoms with van der Waals surface area (Å²) in [6.45, 7) is 13.5. The van der Waals surface area contributed by atoms with Crippen molar-refractivity contribution in [1.82, 2.24) is 20.4 Å². The molecule has 22 heavy (non-hydrogen) atoms. The van der Waals surface area contributed by atoms with Crippen LogP contribution in [-0.4, -0.2) is 75.2 Å². The van der Waals surface area contributed by atoms with Crippen LogP contribution in [0.2, 0.25) is 0 Å². The van der Waals surface area contributed by atoms with E-state index in [-0.39, 0.29) is 0 Å². The second kappa shape index (κ2) is 8.73. The second-order valence-corrected chi connectivity index (χ2v) is 7.99. The summed E-state index contributed by atoms with van der Waals surface area (Å²) in [4.78, 5) is 9.19.